The molecule has 7 nitrogen and oxygen atoms in total. The molecule has 0 bridgehead atoms. The molecule has 0 atom stereocenters. The van der Waals surface area contributed by atoms with Gasteiger partial charge in [0.05, 0.1) is 25.4 Å². The second-order valence-electron chi connectivity index (χ2n) is 7.51. The largest absolute Gasteiger partial charge is 0.385 e. The number of hydrogen-bond donors (Lipinski definition) is 2. The van der Waals surface area contributed by atoms with E-state index < -0.39 is 0 Å². The Morgan fingerprint density at radius 1 is 1.18 bits per heavy atom. The molecular weight excluding hydrogens is 469 g/mol. The molecule has 2 rings (SSSR count). The van der Waals surface area contributed by atoms with Crippen molar-refractivity contribution in [3.8, 4) is 0 Å². The van der Waals surface area contributed by atoms with Crippen LogP contribution in [0.25, 0.3) is 0 Å². The molecule has 1 heterocycles. The highest BCUT2D eigenvalue weighted by atomic mass is 127. The van der Waals surface area contributed by atoms with Crippen LogP contribution in [0.4, 0.5) is 0 Å². The number of nitrogens with one attached hydrogen (secondary N) is 2. The summed E-state index contributed by atoms with van der Waals surface area (Å²) < 4.78 is 12.5. The predicted octanol–water partition coefficient (Wildman–Crippen LogP) is 3.03. The van der Waals surface area contributed by atoms with Gasteiger partial charge in [0.1, 0.15) is 0 Å². The highest BCUT2D eigenvalue weighted by molar-refractivity contribution is 14.0. The number of guanidine groups is 1. The monoisotopic (exact) mass is 507 g/mol. The summed E-state index contributed by atoms with van der Waals surface area (Å²) in [6.07, 6.45) is 4.97. The number of ether oxygens (including phenoxy) is 2. The number of aryl methyl sites for hydroxylation is 1. The Morgan fingerprint density at radius 2 is 1.89 bits per heavy atom. The highest BCUT2D eigenvalue weighted by Crippen LogP contribution is 2.43. The first kappa shape index (κ1) is 25.2. The number of halogens is 1. The van der Waals surface area contributed by atoms with Crippen LogP contribution in [0.2, 0.25) is 0 Å². The van der Waals surface area contributed by atoms with Crippen LogP contribution in [0.1, 0.15) is 49.6 Å². The zero-order valence-electron chi connectivity index (χ0n) is 18.1. The average molecular weight is 507 g/mol. The van der Waals surface area contributed by atoms with Crippen LogP contribution in [0.3, 0.4) is 0 Å². The molecule has 0 radical (unpaired) electrons. The van der Waals surface area contributed by atoms with Crippen LogP contribution in [-0.4, -0.2) is 56.3 Å². The minimum atomic E-state index is 0. The molecule has 0 aliphatic heterocycles. The van der Waals surface area contributed by atoms with E-state index in [-0.39, 0.29) is 24.0 Å². The van der Waals surface area contributed by atoms with Gasteiger partial charge in [-0.25, -0.2) is 4.99 Å². The Kier molecular flexibility index (Phi) is 11.4. The summed E-state index contributed by atoms with van der Waals surface area (Å²) in [6.45, 7) is 10.9. The van der Waals surface area contributed by atoms with Gasteiger partial charge >= 0.3 is 0 Å². The average Bonchev–Trinajstić information content (AvgIpc) is 2.90. The Hall–Kier alpha value is -0.870. The fourth-order valence-corrected chi connectivity index (χ4v) is 3.64. The van der Waals surface area contributed by atoms with E-state index in [0.717, 1.165) is 44.3 Å². The van der Waals surface area contributed by atoms with Gasteiger partial charge in [-0.05, 0) is 45.4 Å². The quantitative estimate of drug-likeness (QED) is 0.274. The SMILES string of the molecule is CCNC(=NCc1c(C)nn(CCOC)c1C)NCC1(CCOC)CCC1.I. The van der Waals surface area contributed by atoms with Crippen LogP contribution in [0.15, 0.2) is 4.99 Å². The highest BCUT2D eigenvalue weighted by Gasteiger charge is 2.36. The van der Waals surface area contributed by atoms with Crippen LogP contribution >= 0.6 is 24.0 Å². The number of nitrogens with zero attached hydrogens (tertiary/aromatic N) is 3. The third kappa shape index (κ3) is 6.88. The zero-order valence-corrected chi connectivity index (χ0v) is 20.5. The molecule has 1 fully saturated rings. The molecule has 0 spiro atoms. The molecule has 0 aromatic carbocycles. The topological polar surface area (TPSA) is 72.7 Å². The van der Waals surface area contributed by atoms with Crippen molar-refractivity contribution in [2.24, 2.45) is 10.4 Å². The fourth-order valence-electron chi connectivity index (χ4n) is 3.64. The number of rotatable bonds is 11. The van der Waals surface area contributed by atoms with Crippen LogP contribution in [0.5, 0.6) is 0 Å². The number of hydrogen-bond acceptors (Lipinski definition) is 4. The lowest BCUT2D eigenvalue weighted by atomic mass is 9.67. The van der Waals surface area contributed by atoms with Gasteiger partial charge in [0, 0.05) is 45.2 Å². The summed E-state index contributed by atoms with van der Waals surface area (Å²) in [6, 6.07) is 0. The third-order valence-electron chi connectivity index (χ3n) is 5.66. The molecule has 1 aromatic rings. The van der Waals surface area contributed by atoms with Gasteiger partial charge in [-0.2, -0.15) is 5.10 Å². The first-order valence-corrected chi connectivity index (χ1v) is 10.1. The van der Waals surface area contributed by atoms with Crippen LogP contribution < -0.4 is 10.6 Å². The van der Waals surface area contributed by atoms with E-state index in [2.05, 4.69) is 36.5 Å². The van der Waals surface area contributed by atoms with Crippen molar-refractivity contribution in [1.82, 2.24) is 20.4 Å². The van der Waals surface area contributed by atoms with Gasteiger partial charge in [-0.3, -0.25) is 4.68 Å². The van der Waals surface area contributed by atoms with Gasteiger partial charge in [-0.1, -0.05) is 6.42 Å². The molecule has 1 saturated carbocycles. The first-order chi connectivity index (χ1) is 13.0. The van der Waals surface area contributed by atoms with E-state index in [1.165, 1.54) is 30.5 Å². The maximum absolute atomic E-state index is 5.30. The normalized spacial score (nSPS) is 15.7. The molecule has 0 saturated heterocycles. The van der Waals surface area contributed by atoms with E-state index in [1.807, 2.05) is 4.68 Å². The minimum Gasteiger partial charge on any atom is -0.385 e. The maximum atomic E-state index is 5.30. The smallest absolute Gasteiger partial charge is 0.191 e. The van der Waals surface area contributed by atoms with E-state index in [9.17, 15) is 0 Å². The van der Waals surface area contributed by atoms with Gasteiger partial charge < -0.3 is 20.1 Å². The van der Waals surface area contributed by atoms with Crippen molar-refractivity contribution in [2.45, 2.75) is 59.5 Å². The Labute approximate surface area is 187 Å². The lowest BCUT2D eigenvalue weighted by Gasteiger charge is -2.42. The summed E-state index contributed by atoms with van der Waals surface area (Å²) >= 11 is 0. The van der Waals surface area contributed by atoms with Gasteiger partial charge in [0.15, 0.2) is 5.96 Å². The van der Waals surface area contributed by atoms with Crippen molar-refractivity contribution >= 4 is 29.9 Å². The fraction of sp³-hybridized carbons (Fsp3) is 0.800. The van der Waals surface area contributed by atoms with E-state index in [4.69, 9.17) is 14.5 Å². The molecule has 1 aliphatic rings. The third-order valence-corrected chi connectivity index (χ3v) is 5.66. The van der Waals surface area contributed by atoms with Gasteiger partial charge in [0.2, 0.25) is 0 Å². The Balaban J connectivity index is 0.00000392. The second-order valence-corrected chi connectivity index (χ2v) is 7.51. The zero-order chi connectivity index (χ0) is 19.7. The first-order valence-electron chi connectivity index (χ1n) is 10.1. The van der Waals surface area contributed by atoms with E-state index in [1.54, 1.807) is 14.2 Å². The molecule has 0 unspecified atom stereocenters. The maximum Gasteiger partial charge on any atom is 0.191 e. The van der Waals surface area contributed by atoms with Gasteiger partial charge in [0.25, 0.3) is 0 Å². The van der Waals surface area contributed by atoms with Crippen molar-refractivity contribution < 1.29 is 9.47 Å². The van der Waals surface area contributed by atoms with Crippen molar-refractivity contribution in [3.63, 3.8) is 0 Å². The Morgan fingerprint density at radius 3 is 2.46 bits per heavy atom. The minimum absolute atomic E-state index is 0. The Bertz CT molecular complexity index is 614. The molecule has 0 amide bonds. The van der Waals surface area contributed by atoms with Crippen LogP contribution in [0, 0.1) is 19.3 Å². The number of aromatic nitrogens is 2. The van der Waals surface area contributed by atoms with Crippen LogP contribution in [-0.2, 0) is 22.6 Å². The molecule has 162 valence electrons. The standard InChI is InChI=1S/C20H37N5O2.HI/c1-6-21-19(23-15-20(8-7-9-20)10-12-26-4)22-14-18-16(2)24-25(17(18)3)11-13-27-5;/h6-15H2,1-5H3,(H2,21,22,23);1H. The lowest BCUT2D eigenvalue weighted by Crippen LogP contribution is -2.47. The lowest BCUT2D eigenvalue weighted by molar-refractivity contribution is 0.0732. The summed E-state index contributed by atoms with van der Waals surface area (Å²) in [5.74, 6) is 0.879. The summed E-state index contributed by atoms with van der Waals surface area (Å²) in [5.41, 5.74) is 3.77. The predicted molar refractivity (Wildman–Crippen MR) is 125 cm³/mol. The summed E-state index contributed by atoms with van der Waals surface area (Å²) in [5, 5.41) is 11.6. The second kappa shape index (κ2) is 12.6. The molecule has 1 aromatic heterocycles. The molecule has 8 heteroatoms. The van der Waals surface area contributed by atoms with E-state index >= 15 is 0 Å². The number of aliphatic imine (C=N–C) groups is 1. The molecule has 28 heavy (non-hydrogen) atoms. The van der Waals surface area contributed by atoms with Crippen molar-refractivity contribution in [3.05, 3.63) is 17.0 Å². The van der Waals surface area contributed by atoms with E-state index in [0.29, 0.717) is 18.6 Å². The van der Waals surface area contributed by atoms with Gasteiger partial charge in [-0.15, -0.1) is 24.0 Å². The molecular formula is C20H38IN5O2. The molecule has 2 N–H and O–H groups in total. The molecule has 1 aliphatic carbocycles. The summed E-state index contributed by atoms with van der Waals surface area (Å²) in [7, 11) is 3.50. The number of methoxy groups -OCH3 is 2. The van der Waals surface area contributed by atoms with Crippen molar-refractivity contribution in [2.75, 3.05) is 40.5 Å². The van der Waals surface area contributed by atoms with Crippen molar-refractivity contribution in [1.29, 1.82) is 0 Å². The summed E-state index contributed by atoms with van der Waals surface area (Å²) in [4.78, 5) is 4.82.